The summed E-state index contributed by atoms with van der Waals surface area (Å²) in [5.74, 6) is -5.23. The van der Waals surface area contributed by atoms with Crippen molar-refractivity contribution in [2.45, 2.75) is 200 Å². The van der Waals surface area contributed by atoms with E-state index in [1.54, 1.807) is 125 Å². The number of rotatable bonds is 6. The minimum Gasteiger partial charge on any atom is -0.875 e. The second-order valence-electron chi connectivity index (χ2n) is 19.7. The van der Waals surface area contributed by atoms with Crippen LogP contribution in [0, 0.1) is 0 Å². The van der Waals surface area contributed by atoms with Gasteiger partial charge in [-0.1, -0.05) is 41.5 Å². The van der Waals surface area contributed by atoms with Crippen LogP contribution >= 0.6 is 0 Å². The van der Waals surface area contributed by atoms with Crippen molar-refractivity contribution >= 4 is 35.8 Å². The first-order chi connectivity index (χ1) is 28.9. The summed E-state index contributed by atoms with van der Waals surface area (Å²) in [4.78, 5) is 64.6. The first-order valence-electron chi connectivity index (χ1n) is 20.4. The second-order valence-corrected chi connectivity index (χ2v) is 19.7. The molecule has 0 fully saturated rings. The van der Waals surface area contributed by atoms with Crippen LogP contribution in [0.5, 0.6) is 0 Å². The standard InChI is InChI=1S/6C8H14O3.2Li.2Ni/c6*1-6(9)5-7(10)11-8(2,3)4;;;;/h6*5,9H,1-4H3;;;;/q;;;;;;2*+1;2*+2/p-6/b6*6-5-;;;;. The average molecular weight is 1070 g/mol. The van der Waals surface area contributed by atoms with Crippen LogP contribution in [-0.4, -0.2) is 69.4 Å². The monoisotopic (exact) mass is 1070 g/mol. The van der Waals surface area contributed by atoms with Crippen LogP contribution in [0.1, 0.15) is 166 Å². The first kappa shape index (κ1) is 89.1. The Hall–Kier alpha value is -3.76. The summed E-state index contributed by atoms with van der Waals surface area (Å²) in [6.45, 7) is 39.3. The molecule has 0 aromatic rings. The van der Waals surface area contributed by atoms with E-state index in [1.165, 1.54) is 41.5 Å². The van der Waals surface area contributed by atoms with Crippen LogP contribution in [0.3, 0.4) is 0 Å². The topological polar surface area (TPSA) is 296 Å². The third kappa shape index (κ3) is 102. The molecule has 0 aliphatic heterocycles. The fourth-order valence-corrected chi connectivity index (χ4v) is 2.98. The molecule has 18 nitrogen and oxygen atoms in total. The predicted molar refractivity (Wildman–Crippen MR) is 238 cm³/mol. The van der Waals surface area contributed by atoms with E-state index in [0.717, 1.165) is 36.5 Å². The summed E-state index contributed by atoms with van der Waals surface area (Å²) in [5, 5.41) is 62.3. The summed E-state index contributed by atoms with van der Waals surface area (Å²) in [5.41, 5.74) is -3.15. The molecule has 0 saturated carbocycles. The number of allylic oxidation sites excluding steroid dienone is 6. The van der Waals surface area contributed by atoms with Gasteiger partial charge in [0, 0.05) is 36.5 Å². The molecule has 0 aliphatic rings. The maximum atomic E-state index is 10.8. The van der Waals surface area contributed by atoms with Gasteiger partial charge in [0.15, 0.2) is 0 Å². The van der Waals surface area contributed by atoms with Crippen molar-refractivity contribution in [3.05, 3.63) is 71.0 Å². The van der Waals surface area contributed by atoms with Gasteiger partial charge in [0.1, 0.15) is 33.6 Å². The molecular weight excluding hydrogens is 996 g/mol. The van der Waals surface area contributed by atoms with Gasteiger partial charge in [-0.05, 0) is 125 Å². The molecule has 0 atom stereocenters. The molecule has 400 valence electrons. The Labute approximate surface area is 462 Å². The number of hydrogen-bond acceptors (Lipinski definition) is 18. The summed E-state index contributed by atoms with van der Waals surface area (Å²) < 4.78 is 29.0. The fourth-order valence-electron chi connectivity index (χ4n) is 2.98. The van der Waals surface area contributed by atoms with Crippen molar-refractivity contribution in [1.82, 2.24) is 0 Å². The number of hydrogen-bond donors (Lipinski definition) is 0. The first-order valence-corrected chi connectivity index (χ1v) is 20.4. The summed E-state index contributed by atoms with van der Waals surface area (Å²) >= 11 is 0. The number of ether oxygens (including phenoxy) is 6. The minimum absolute atomic E-state index is 0. The average Bonchev–Trinajstić information content (AvgIpc) is 2.90. The van der Waals surface area contributed by atoms with Crippen LogP contribution in [0.4, 0.5) is 0 Å². The Morgan fingerprint density at radius 2 is 0.329 bits per heavy atom. The molecule has 0 N–H and O–H groups in total. The van der Waals surface area contributed by atoms with Crippen molar-refractivity contribution < 1.29 is 159 Å². The maximum absolute atomic E-state index is 10.8. The van der Waals surface area contributed by atoms with Crippen LogP contribution in [0.2, 0.25) is 0 Å². The molecule has 0 spiro atoms. The van der Waals surface area contributed by atoms with Gasteiger partial charge >= 0.3 is 107 Å². The van der Waals surface area contributed by atoms with E-state index in [2.05, 4.69) is 0 Å². The van der Waals surface area contributed by atoms with E-state index in [9.17, 15) is 59.4 Å². The Morgan fingerprint density at radius 1 is 0.257 bits per heavy atom. The van der Waals surface area contributed by atoms with Gasteiger partial charge in [-0.3, -0.25) is 0 Å². The van der Waals surface area contributed by atoms with E-state index in [-0.39, 0.29) is 105 Å². The smallest absolute Gasteiger partial charge is 0.875 e. The molecule has 0 heterocycles. The second kappa shape index (κ2) is 41.8. The molecule has 0 saturated heterocycles. The number of esters is 6. The Morgan fingerprint density at radius 3 is 0.371 bits per heavy atom. The molecule has 0 unspecified atom stereocenters. The largest absolute Gasteiger partial charge is 2.00 e. The molecule has 0 aromatic carbocycles. The number of carbonyl (C=O) groups is 6. The van der Waals surface area contributed by atoms with Crippen LogP contribution < -0.4 is 68.4 Å². The minimum atomic E-state index is -0.579. The van der Waals surface area contributed by atoms with E-state index in [4.69, 9.17) is 28.4 Å². The van der Waals surface area contributed by atoms with Gasteiger partial charge in [0.2, 0.25) is 0 Å². The zero-order valence-electron chi connectivity index (χ0n) is 46.4. The maximum Gasteiger partial charge on any atom is 2.00 e. The molecule has 0 radical (unpaired) electrons. The summed E-state index contributed by atoms with van der Waals surface area (Å²) in [7, 11) is 0. The van der Waals surface area contributed by atoms with Crippen LogP contribution in [-0.2, 0) is 90.2 Å². The van der Waals surface area contributed by atoms with Gasteiger partial charge in [0.05, 0.1) is 0 Å². The van der Waals surface area contributed by atoms with Gasteiger partial charge in [-0.15, -0.1) is 34.6 Å². The SMILES string of the molecule is C/C([O-])=C/C(=O)OC(C)(C)C.C/C([O-])=C/C(=O)OC(C)(C)C.C/C([O-])=C/C(=O)OC(C)(C)C.C/C([O-])=C/C(=O)OC(C)(C)C.C/C([O-])=C/C(=O)OC(C)(C)C.C/C([O-])=C/C(=O)OC(C)(C)C.[Li+].[Li+].[Ni+2].[Ni+2]. The molecule has 0 amide bonds. The molecular formula is C48H78Li2Ni2O18. The molecule has 70 heavy (non-hydrogen) atoms. The van der Waals surface area contributed by atoms with Crippen molar-refractivity contribution in [2.24, 2.45) is 0 Å². The normalized spacial score (nSPS) is 12.2. The van der Waals surface area contributed by atoms with Gasteiger partial charge < -0.3 is 59.1 Å². The zero-order valence-corrected chi connectivity index (χ0v) is 48.4. The van der Waals surface area contributed by atoms with Crippen LogP contribution in [0.25, 0.3) is 0 Å². The van der Waals surface area contributed by atoms with Crippen LogP contribution in [0.15, 0.2) is 71.0 Å². The third-order valence-electron chi connectivity index (χ3n) is 4.37. The van der Waals surface area contributed by atoms with Gasteiger partial charge in [-0.2, -0.15) is 0 Å². The molecule has 0 bridgehead atoms. The van der Waals surface area contributed by atoms with E-state index in [1.807, 2.05) is 0 Å². The summed E-state index contributed by atoms with van der Waals surface area (Å²) in [6.07, 6.45) is 5.61. The Balaban J connectivity index is -0.0000000763. The number of carbonyl (C=O) groups excluding carboxylic acids is 6. The third-order valence-corrected chi connectivity index (χ3v) is 4.37. The molecule has 0 aromatic heterocycles. The van der Waals surface area contributed by atoms with Crippen molar-refractivity contribution in [2.75, 3.05) is 0 Å². The fraction of sp³-hybridized carbons (Fsp3) is 0.625. The molecule has 0 aliphatic carbocycles. The summed E-state index contributed by atoms with van der Waals surface area (Å²) in [6, 6.07) is 0. The van der Waals surface area contributed by atoms with Gasteiger partial charge in [-0.25, -0.2) is 28.8 Å². The molecule has 0 rings (SSSR count). The van der Waals surface area contributed by atoms with Crippen molar-refractivity contribution in [3.63, 3.8) is 0 Å². The quantitative estimate of drug-likeness (QED) is 0.0877. The van der Waals surface area contributed by atoms with Crippen molar-refractivity contribution in [1.29, 1.82) is 0 Å². The van der Waals surface area contributed by atoms with Gasteiger partial charge in [0.25, 0.3) is 0 Å². The Bertz CT molecular complexity index is 1370. The predicted octanol–water partition coefficient (Wildman–Crippen LogP) is -2.44. The van der Waals surface area contributed by atoms with Crippen molar-refractivity contribution in [3.8, 4) is 0 Å². The molecule has 22 heteroatoms. The van der Waals surface area contributed by atoms with E-state index >= 15 is 0 Å². The van der Waals surface area contributed by atoms with E-state index < -0.39 is 69.4 Å². The zero-order chi connectivity index (χ0) is 54.4. The Kier molecular flexibility index (Phi) is 53.3. The van der Waals surface area contributed by atoms with E-state index in [0.29, 0.717) is 0 Å².